The van der Waals surface area contributed by atoms with E-state index in [4.69, 9.17) is 4.74 Å². The van der Waals surface area contributed by atoms with E-state index in [9.17, 15) is 4.79 Å². The molecule has 1 amide bonds. The molecule has 2 aromatic carbocycles. The minimum Gasteiger partial charge on any atom is -0.497 e. The van der Waals surface area contributed by atoms with Crippen molar-refractivity contribution >= 4 is 11.6 Å². The fraction of sp³-hybridized carbons (Fsp3) is 0.438. The minimum atomic E-state index is 0.0346. The smallest absolute Gasteiger partial charge is 0.251 e. The summed E-state index contributed by atoms with van der Waals surface area (Å²) >= 11 is 0. The first-order valence-electron chi connectivity index (χ1n) is 13.8. The largest absolute Gasteiger partial charge is 0.497 e. The van der Waals surface area contributed by atoms with Crippen molar-refractivity contribution in [3.05, 3.63) is 88.7 Å². The van der Waals surface area contributed by atoms with Gasteiger partial charge in [0.25, 0.3) is 5.91 Å². The number of nitrogens with zero attached hydrogens (tertiary/aromatic N) is 3. The third-order valence-corrected chi connectivity index (χ3v) is 8.01. The van der Waals surface area contributed by atoms with Crippen molar-refractivity contribution in [1.82, 2.24) is 15.2 Å². The number of hydrogen-bond acceptors (Lipinski definition) is 5. The van der Waals surface area contributed by atoms with Crippen LogP contribution in [0.2, 0.25) is 0 Å². The monoisotopic (exact) mass is 514 g/mol. The zero-order chi connectivity index (χ0) is 27.1. The van der Waals surface area contributed by atoms with E-state index in [-0.39, 0.29) is 5.91 Å². The Labute approximate surface area is 228 Å². The number of piperidine rings is 1. The highest BCUT2D eigenvalue weighted by atomic mass is 16.5. The molecule has 1 aliphatic heterocycles. The molecule has 1 N–H and O–H groups in total. The number of carbonyl (C=O) groups is 1. The number of aromatic nitrogens is 1. The van der Waals surface area contributed by atoms with E-state index in [1.807, 2.05) is 56.6 Å². The molecule has 0 bridgehead atoms. The molecule has 1 aliphatic rings. The molecule has 4 rings (SSSR count). The number of likely N-dealkylation sites (tertiary alicyclic amines) is 1. The first kappa shape index (κ1) is 27.6. The lowest BCUT2D eigenvalue weighted by Crippen LogP contribution is -2.48. The van der Waals surface area contributed by atoms with Crippen LogP contribution in [0.15, 0.2) is 60.9 Å². The number of hydrogen-bond donors (Lipinski definition) is 1. The van der Waals surface area contributed by atoms with Gasteiger partial charge in [-0.15, -0.1) is 0 Å². The van der Waals surface area contributed by atoms with E-state index in [1.165, 1.54) is 16.8 Å². The SMILES string of the molecule is COc1ccc(N(Cc2cnccc2C)C2CCN(C(C)CCNC(=O)c3c(C)cccc3C)CC2)cc1. The van der Waals surface area contributed by atoms with Crippen molar-refractivity contribution in [2.45, 2.75) is 65.6 Å². The summed E-state index contributed by atoms with van der Waals surface area (Å²) in [6, 6.07) is 17.4. The van der Waals surface area contributed by atoms with Crippen LogP contribution in [0.1, 0.15) is 58.8 Å². The molecular weight excluding hydrogens is 472 g/mol. The van der Waals surface area contributed by atoms with Crippen molar-refractivity contribution in [2.24, 2.45) is 0 Å². The van der Waals surface area contributed by atoms with Gasteiger partial charge in [0.1, 0.15) is 5.75 Å². The number of benzene rings is 2. The van der Waals surface area contributed by atoms with Gasteiger partial charge >= 0.3 is 0 Å². The molecule has 202 valence electrons. The van der Waals surface area contributed by atoms with E-state index >= 15 is 0 Å². The zero-order valence-corrected chi connectivity index (χ0v) is 23.5. The minimum absolute atomic E-state index is 0.0346. The van der Waals surface area contributed by atoms with E-state index in [0.717, 1.165) is 61.3 Å². The number of carbonyl (C=O) groups excluding carboxylic acids is 1. The zero-order valence-electron chi connectivity index (χ0n) is 23.5. The lowest BCUT2D eigenvalue weighted by atomic mass is 9.98. The van der Waals surface area contributed by atoms with Gasteiger partial charge in [-0.2, -0.15) is 0 Å². The summed E-state index contributed by atoms with van der Waals surface area (Å²) < 4.78 is 5.39. The van der Waals surface area contributed by atoms with Crippen molar-refractivity contribution < 1.29 is 9.53 Å². The Bertz CT molecular complexity index is 1180. The van der Waals surface area contributed by atoms with Gasteiger partial charge in [0.2, 0.25) is 0 Å². The number of rotatable bonds is 10. The second kappa shape index (κ2) is 12.9. The van der Waals surface area contributed by atoms with Crippen LogP contribution in [0.5, 0.6) is 5.75 Å². The lowest BCUT2D eigenvalue weighted by molar-refractivity contribution is 0.0944. The van der Waals surface area contributed by atoms with Gasteiger partial charge in [-0.3, -0.25) is 9.78 Å². The molecule has 2 heterocycles. The summed E-state index contributed by atoms with van der Waals surface area (Å²) in [6.07, 6.45) is 7.00. The van der Waals surface area contributed by atoms with Crippen LogP contribution >= 0.6 is 0 Å². The molecule has 0 saturated carbocycles. The van der Waals surface area contributed by atoms with E-state index in [0.29, 0.717) is 18.6 Å². The molecule has 6 heteroatoms. The highest BCUT2D eigenvalue weighted by molar-refractivity contribution is 5.97. The van der Waals surface area contributed by atoms with E-state index in [1.54, 1.807) is 7.11 Å². The van der Waals surface area contributed by atoms with Gasteiger partial charge in [0, 0.05) is 61.9 Å². The van der Waals surface area contributed by atoms with Gasteiger partial charge in [-0.05, 0) is 99.5 Å². The van der Waals surface area contributed by atoms with Crippen LogP contribution in [-0.4, -0.2) is 54.6 Å². The van der Waals surface area contributed by atoms with Crippen LogP contribution in [0.25, 0.3) is 0 Å². The molecule has 3 aromatic rings. The second-order valence-electron chi connectivity index (χ2n) is 10.6. The number of ether oxygens (including phenoxy) is 1. The average Bonchev–Trinajstić information content (AvgIpc) is 2.93. The van der Waals surface area contributed by atoms with Gasteiger partial charge < -0.3 is 19.9 Å². The molecule has 1 atom stereocenters. The Kier molecular flexibility index (Phi) is 9.40. The fourth-order valence-corrected chi connectivity index (χ4v) is 5.53. The third-order valence-electron chi connectivity index (χ3n) is 8.01. The van der Waals surface area contributed by atoms with E-state index < -0.39 is 0 Å². The summed E-state index contributed by atoms with van der Waals surface area (Å²) in [4.78, 5) is 22.3. The summed E-state index contributed by atoms with van der Waals surface area (Å²) in [5, 5.41) is 3.15. The van der Waals surface area contributed by atoms with Gasteiger partial charge in [0.05, 0.1) is 7.11 Å². The van der Waals surface area contributed by atoms with Gasteiger partial charge in [0.15, 0.2) is 0 Å². The summed E-state index contributed by atoms with van der Waals surface area (Å²) in [5.41, 5.74) is 6.62. The first-order valence-corrected chi connectivity index (χ1v) is 13.8. The fourth-order valence-electron chi connectivity index (χ4n) is 5.53. The Hall–Kier alpha value is -3.38. The van der Waals surface area contributed by atoms with Crippen molar-refractivity contribution in [3.63, 3.8) is 0 Å². The van der Waals surface area contributed by atoms with Crippen molar-refractivity contribution in [2.75, 3.05) is 31.6 Å². The molecule has 1 unspecified atom stereocenters. The molecule has 1 aromatic heterocycles. The predicted octanol–water partition coefficient (Wildman–Crippen LogP) is 5.70. The lowest BCUT2D eigenvalue weighted by Gasteiger charge is -2.42. The Morgan fingerprint density at radius 3 is 2.37 bits per heavy atom. The summed E-state index contributed by atoms with van der Waals surface area (Å²) in [6.45, 7) is 12.1. The molecule has 0 spiro atoms. The summed E-state index contributed by atoms with van der Waals surface area (Å²) in [5.74, 6) is 0.909. The molecule has 6 nitrogen and oxygen atoms in total. The highest BCUT2D eigenvalue weighted by Crippen LogP contribution is 2.29. The van der Waals surface area contributed by atoms with Gasteiger partial charge in [-0.1, -0.05) is 18.2 Å². The average molecular weight is 515 g/mol. The topological polar surface area (TPSA) is 57.7 Å². The normalized spacial score (nSPS) is 15.2. The number of amides is 1. The predicted molar refractivity (Wildman–Crippen MR) is 155 cm³/mol. The maximum absolute atomic E-state index is 12.8. The number of anilines is 1. The van der Waals surface area contributed by atoms with E-state index in [2.05, 4.69) is 52.1 Å². The Morgan fingerprint density at radius 1 is 1.05 bits per heavy atom. The number of nitrogens with one attached hydrogen (secondary N) is 1. The quantitative estimate of drug-likeness (QED) is 0.376. The Balaban J connectivity index is 1.34. The van der Waals surface area contributed by atoms with Crippen LogP contribution in [0, 0.1) is 20.8 Å². The van der Waals surface area contributed by atoms with Crippen LogP contribution in [0.4, 0.5) is 5.69 Å². The molecular formula is C32H42N4O2. The highest BCUT2D eigenvalue weighted by Gasteiger charge is 2.27. The number of methoxy groups -OCH3 is 1. The number of aryl methyl sites for hydroxylation is 3. The van der Waals surface area contributed by atoms with Crippen molar-refractivity contribution in [3.8, 4) is 5.75 Å². The maximum atomic E-state index is 12.8. The molecule has 1 saturated heterocycles. The standard InChI is InChI=1S/C32H42N4O2/c1-23-13-17-33-21-27(23)22-36(28-9-11-30(38-5)12-10-28)29-15-19-35(20-16-29)26(4)14-18-34-32(37)31-24(2)7-6-8-25(31)3/h6-13,17,21,26,29H,14-16,18-20,22H2,1-5H3,(H,34,37). The van der Waals surface area contributed by atoms with Gasteiger partial charge in [-0.25, -0.2) is 0 Å². The summed E-state index contributed by atoms with van der Waals surface area (Å²) in [7, 11) is 1.71. The molecule has 38 heavy (non-hydrogen) atoms. The Morgan fingerprint density at radius 2 is 1.74 bits per heavy atom. The molecule has 0 radical (unpaired) electrons. The first-order chi connectivity index (χ1) is 18.4. The number of pyridine rings is 1. The second-order valence-corrected chi connectivity index (χ2v) is 10.6. The molecule has 1 fully saturated rings. The third kappa shape index (κ3) is 6.73. The van der Waals surface area contributed by atoms with Crippen molar-refractivity contribution in [1.29, 1.82) is 0 Å². The maximum Gasteiger partial charge on any atom is 0.251 e. The van der Waals surface area contributed by atoms with Crippen LogP contribution < -0.4 is 15.0 Å². The van der Waals surface area contributed by atoms with Crippen LogP contribution in [-0.2, 0) is 6.54 Å². The van der Waals surface area contributed by atoms with Crippen LogP contribution in [0.3, 0.4) is 0 Å². The molecule has 0 aliphatic carbocycles.